The average Bonchev–Trinajstić information content (AvgIpc) is 2.74. The Hall–Kier alpha value is -1.98. The first kappa shape index (κ1) is 14.9. The molecule has 2 fully saturated rings. The maximum atomic E-state index is 13.4. The van der Waals surface area contributed by atoms with Crippen molar-refractivity contribution in [3.05, 3.63) is 29.8 Å². The number of halogens is 2. The van der Waals surface area contributed by atoms with Gasteiger partial charge in [0.1, 0.15) is 17.2 Å². The molecule has 6 heteroatoms. The molecule has 1 aromatic rings. The molecule has 1 spiro atoms. The smallest absolute Gasteiger partial charge is 0.248 e. The fraction of sp³-hybridized carbons (Fsp3) is 0.500. The number of para-hydroxylation sites is 1. The highest BCUT2D eigenvalue weighted by atomic mass is 19.3. The van der Waals surface area contributed by atoms with Crippen LogP contribution < -0.4 is 10.1 Å². The second-order valence-corrected chi connectivity index (χ2v) is 5.97. The highest BCUT2D eigenvalue weighted by Crippen LogP contribution is 2.45. The minimum absolute atomic E-state index is 0.0176. The third kappa shape index (κ3) is 2.26. The zero-order valence-corrected chi connectivity index (χ0v) is 12.2. The number of hydrogen-bond donors (Lipinski definition) is 1. The lowest BCUT2D eigenvalue weighted by Gasteiger charge is -2.35. The number of carbonyl (C=O) groups excluding carboxylic acids is 2. The number of methoxy groups -OCH3 is 1. The van der Waals surface area contributed by atoms with Crippen LogP contribution in [0.1, 0.15) is 37.2 Å². The number of Topliss-reactive ketones (excluding diaryl/α,β-unsaturated/α-hetero) is 1. The summed E-state index contributed by atoms with van der Waals surface area (Å²) in [5, 5.41) is 2.68. The van der Waals surface area contributed by atoms with Gasteiger partial charge in [0.25, 0.3) is 0 Å². The number of ether oxygens (including phenoxy) is 1. The van der Waals surface area contributed by atoms with Gasteiger partial charge in [-0.25, -0.2) is 8.78 Å². The van der Waals surface area contributed by atoms with E-state index in [-0.39, 0.29) is 31.5 Å². The van der Waals surface area contributed by atoms with Gasteiger partial charge in [-0.1, -0.05) is 18.2 Å². The van der Waals surface area contributed by atoms with Crippen LogP contribution in [-0.4, -0.2) is 30.3 Å². The number of rotatable bonds is 2. The maximum absolute atomic E-state index is 13.4. The molecular formula is C16H17F2NO3. The number of amides is 1. The van der Waals surface area contributed by atoms with Gasteiger partial charge in [-0.2, -0.15) is 0 Å². The number of benzene rings is 1. The summed E-state index contributed by atoms with van der Waals surface area (Å²) in [6, 6.07) is 6.81. The normalized spacial score (nSPS) is 26.0. The van der Waals surface area contributed by atoms with Crippen LogP contribution in [-0.2, 0) is 9.59 Å². The van der Waals surface area contributed by atoms with Crippen LogP contribution in [0.15, 0.2) is 24.3 Å². The van der Waals surface area contributed by atoms with E-state index in [1.54, 1.807) is 24.3 Å². The largest absolute Gasteiger partial charge is 0.496 e. The van der Waals surface area contributed by atoms with Crippen LogP contribution >= 0.6 is 0 Å². The molecule has 1 N–H and O–H groups in total. The molecule has 3 rings (SSSR count). The van der Waals surface area contributed by atoms with Gasteiger partial charge < -0.3 is 10.1 Å². The number of hydrogen-bond acceptors (Lipinski definition) is 3. The molecule has 0 aromatic heterocycles. The SMILES string of the molecule is COc1ccccc1C1C(=O)NC2(CCC(F)(F)CC2)C1=O. The van der Waals surface area contributed by atoms with E-state index in [1.165, 1.54) is 7.11 Å². The van der Waals surface area contributed by atoms with Crippen molar-refractivity contribution in [2.75, 3.05) is 7.11 Å². The van der Waals surface area contributed by atoms with Crippen LogP contribution in [0.25, 0.3) is 0 Å². The Bertz CT molecular complexity index is 620. The lowest BCUT2D eigenvalue weighted by molar-refractivity contribution is -0.128. The molecule has 118 valence electrons. The summed E-state index contributed by atoms with van der Waals surface area (Å²) in [6.07, 6.45) is -0.790. The van der Waals surface area contributed by atoms with Crippen LogP contribution in [0.3, 0.4) is 0 Å². The lowest BCUT2D eigenvalue weighted by atomic mass is 9.75. The minimum Gasteiger partial charge on any atom is -0.496 e. The van der Waals surface area contributed by atoms with E-state index in [0.717, 1.165) is 0 Å². The fourth-order valence-corrected chi connectivity index (χ4v) is 3.37. The lowest BCUT2D eigenvalue weighted by Crippen LogP contribution is -2.51. The second kappa shape index (κ2) is 5.04. The molecule has 2 aliphatic rings. The highest BCUT2D eigenvalue weighted by molar-refractivity contribution is 6.17. The first-order chi connectivity index (χ1) is 10.4. The van der Waals surface area contributed by atoms with Crippen molar-refractivity contribution >= 4 is 11.7 Å². The van der Waals surface area contributed by atoms with Crippen molar-refractivity contribution in [3.63, 3.8) is 0 Å². The van der Waals surface area contributed by atoms with E-state index in [2.05, 4.69) is 5.32 Å². The summed E-state index contributed by atoms with van der Waals surface area (Å²) < 4.78 is 31.9. The minimum atomic E-state index is -2.75. The predicted octanol–water partition coefficient (Wildman–Crippen LogP) is 2.43. The summed E-state index contributed by atoms with van der Waals surface area (Å²) in [4.78, 5) is 25.1. The summed E-state index contributed by atoms with van der Waals surface area (Å²) in [6.45, 7) is 0. The number of alkyl halides is 2. The van der Waals surface area contributed by atoms with Crippen molar-refractivity contribution in [2.24, 2.45) is 0 Å². The molecule has 1 saturated carbocycles. The average molecular weight is 309 g/mol. The summed E-state index contributed by atoms with van der Waals surface area (Å²) >= 11 is 0. The van der Waals surface area contributed by atoms with E-state index in [9.17, 15) is 18.4 Å². The monoisotopic (exact) mass is 309 g/mol. The van der Waals surface area contributed by atoms with E-state index >= 15 is 0 Å². The number of nitrogens with one attached hydrogen (secondary N) is 1. The van der Waals surface area contributed by atoms with Gasteiger partial charge in [-0.3, -0.25) is 9.59 Å². The molecular weight excluding hydrogens is 292 g/mol. The topological polar surface area (TPSA) is 55.4 Å². The van der Waals surface area contributed by atoms with Gasteiger partial charge in [0.05, 0.1) is 7.11 Å². The van der Waals surface area contributed by atoms with Gasteiger partial charge in [-0.15, -0.1) is 0 Å². The Labute approximate surface area is 126 Å². The fourth-order valence-electron chi connectivity index (χ4n) is 3.37. The van der Waals surface area contributed by atoms with Crippen molar-refractivity contribution < 1.29 is 23.1 Å². The van der Waals surface area contributed by atoms with Crippen LogP contribution in [0.5, 0.6) is 5.75 Å². The molecule has 1 heterocycles. The zero-order valence-electron chi connectivity index (χ0n) is 12.2. The summed E-state index contributed by atoms with van der Waals surface area (Å²) in [5.74, 6) is -4.03. The predicted molar refractivity (Wildman–Crippen MR) is 75.0 cm³/mol. The van der Waals surface area contributed by atoms with Crippen LogP contribution in [0.4, 0.5) is 8.78 Å². The van der Waals surface area contributed by atoms with Gasteiger partial charge in [0.15, 0.2) is 5.78 Å². The second-order valence-electron chi connectivity index (χ2n) is 5.97. The summed E-state index contributed by atoms with van der Waals surface area (Å²) in [7, 11) is 1.47. The Morgan fingerprint density at radius 3 is 2.41 bits per heavy atom. The molecule has 1 aliphatic heterocycles. The Morgan fingerprint density at radius 1 is 1.14 bits per heavy atom. The first-order valence-corrected chi connectivity index (χ1v) is 7.26. The van der Waals surface area contributed by atoms with Crippen molar-refractivity contribution in [3.8, 4) is 5.75 Å². The molecule has 4 nitrogen and oxygen atoms in total. The third-order valence-electron chi connectivity index (χ3n) is 4.64. The van der Waals surface area contributed by atoms with Crippen molar-refractivity contribution in [2.45, 2.75) is 43.1 Å². The standard InChI is InChI=1S/C16H17F2NO3/c1-22-11-5-3-2-4-10(11)12-13(20)15(19-14(12)21)6-8-16(17,18)9-7-15/h2-5,12H,6-9H2,1H3,(H,19,21). The van der Waals surface area contributed by atoms with Gasteiger partial charge in [0, 0.05) is 18.4 Å². The summed E-state index contributed by atoms with van der Waals surface area (Å²) in [5.41, 5.74) is -0.661. The Balaban J connectivity index is 1.93. The molecule has 1 saturated heterocycles. The Kier molecular flexibility index (Phi) is 3.42. The molecule has 1 unspecified atom stereocenters. The van der Waals surface area contributed by atoms with E-state index in [4.69, 9.17) is 4.74 Å². The Morgan fingerprint density at radius 2 is 1.77 bits per heavy atom. The quantitative estimate of drug-likeness (QED) is 0.854. The van der Waals surface area contributed by atoms with E-state index < -0.39 is 23.3 Å². The van der Waals surface area contributed by atoms with Gasteiger partial charge >= 0.3 is 0 Å². The number of carbonyl (C=O) groups is 2. The van der Waals surface area contributed by atoms with E-state index in [0.29, 0.717) is 11.3 Å². The van der Waals surface area contributed by atoms with Crippen molar-refractivity contribution in [1.82, 2.24) is 5.32 Å². The molecule has 22 heavy (non-hydrogen) atoms. The highest BCUT2D eigenvalue weighted by Gasteiger charge is 2.57. The number of ketones is 1. The molecule has 0 bridgehead atoms. The van der Waals surface area contributed by atoms with Crippen molar-refractivity contribution in [1.29, 1.82) is 0 Å². The van der Waals surface area contributed by atoms with E-state index in [1.807, 2.05) is 0 Å². The molecule has 1 aromatic carbocycles. The molecule has 0 radical (unpaired) electrons. The van der Waals surface area contributed by atoms with Gasteiger partial charge in [0.2, 0.25) is 11.8 Å². The molecule has 1 amide bonds. The van der Waals surface area contributed by atoms with Crippen LogP contribution in [0, 0.1) is 0 Å². The molecule has 1 aliphatic carbocycles. The maximum Gasteiger partial charge on any atom is 0.248 e. The zero-order chi connectivity index (χ0) is 16.0. The molecule has 1 atom stereocenters. The first-order valence-electron chi connectivity index (χ1n) is 7.26. The van der Waals surface area contributed by atoms with Crippen LogP contribution in [0.2, 0.25) is 0 Å². The third-order valence-corrected chi connectivity index (χ3v) is 4.64. The van der Waals surface area contributed by atoms with Gasteiger partial charge in [-0.05, 0) is 18.9 Å².